The SMILES string of the molecule is Cn1cccn1.[B]N1CCC(=CC2CCc3cc(/C=C\C=C/NN)ccc32)CC1. The predicted molar refractivity (Wildman–Crippen MR) is 121 cm³/mol. The molecule has 0 saturated carbocycles. The highest BCUT2D eigenvalue weighted by atomic mass is 15.2. The molecule has 5 nitrogen and oxygen atoms in total. The van der Waals surface area contributed by atoms with Gasteiger partial charge in [-0.05, 0) is 67.6 Å². The van der Waals surface area contributed by atoms with E-state index in [0.717, 1.165) is 25.9 Å². The lowest BCUT2D eigenvalue weighted by molar-refractivity contribution is 0.417. The Balaban J connectivity index is 0.000000343. The summed E-state index contributed by atoms with van der Waals surface area (Å²) in [5.41, 5.74) is 8.31. The minimum Gasteiger partial charge on any atom is -0.353 e. The van der Waals surface area contributed by atoms with Crippen molar-refractivity contribution in [2.75, 3.05) is 13.1 Å². The van der Waals surface area contributed by atoms with Gasteiger partial charge in [0.2, 0.25) is 0 Å². The van der Waals surface area contributed by atoms with Crippen molar-refractivity contribution < 1.29 is 0 Å². The average molecular weight is 387 g/mol. The van der Waals surface area contributed by atoms with E-state index in [-0.39, 0.29) is 0 Å². The molecule has 1 unspecified atom stereocenters. The van der Waals surface area contributed by atoms with Crippen LogP contribution in [0.3, 0.4) is 0 Å². The third kappa shape index (κ3) is 6.48. The van der Waals surface area contributed by atoms with E-state index in [0.29, 0.717) is 5.92 Å². The Bertz CT molecular complexity index is 844. The molecule has 2 aromatic rings. The van der Waals surface area contributed by atoms with Crippen LogP contribution in [0.5, 0.6) is 0 Å². The fraction of sp³-hybridized carbons (Fsp3) is 0.348. The zero-order valence-electron chi connectivity index (χ0n) is 17.2. The standard InChI is InChI=1S/C19H24BN3.C4H6N2/c20-23-11-8-16(9-12-23)14-18-6-5-17-13-15(4-7-19(17)18)3-1-2-10-22-21;1-6-4-2-3-5-6/h1-4,7,10,13-14,18,22H,5-6,8-9,11-12,21H2;2-4H,1H3/b3-1-,10-2-;. The highest BCUT2D eigenvalue weighted by Crippen LogP contribution is 2.36. The van der Waals surface area contributed by atoms with Gasteiger partial charge in [0.15, 0.2) is 7.98 Å². The van der Waals surface area contributed by atoms with Crippen LogP contribution < -0.4 is 11.3 Å². The quantitative estimate of drug-likeness (QED) is 0.278. The molecule has 1 aliphatic heterocycles. The van der Waals surface area contributed by atoms with Gasteiger partial charge in [0.25, 0.3) is 0 Å². The molecule has 0 amide bonds. The molecule has 0 spiro atoms. The Hall–Kier alpha value is -2.57. The summed E-state index contributed by atoms with van der Waals surface area (Å²) in [6, 6.07) is 8.71. The number of allylic oxidation sites excluding steroid dienone is 3. The number of rotatable bonds is 4. The van der Waals surface area contributed by atoms with Crippen LogP contribution in [0.4, 0.5) is 0 Å². The summed E-state index contributed by atoms with van der Waals surface area (Å²) in [5.74, 6) is 5.78. The molecular formula is C23H30BN5. The summed E-state index contributed by atoms with van der Waals surface area (Å²) < 4.78 is 1.75. The number of hydrogen-bond donors (Lipinski definition) is 2. The van der Waals surface area contributed by atoms with Crippen LogP contribution in [0.25, 0.3) is 6.08 Å². The maximum absolute atomic E-state index is 5.84. The summed E-state index contributed by atoms with van der Waals surface area (Å²) in [5, 5.41) is 3.83. The van der Waals surface area contributed by atoms with Gasteiger partial charge in [-0.3, -0.25) is 10.5 Å². The number of nitrogens with zero attached hydrogens (tertiary/aromatic N) is 3. The summed E-state index contributed by atoms with van der Waals surface area (Å²) in [7, 11) is 7.73. The molecule has 4 rings (SSSR count). The number of hydrogen-bond acceptors (Lipinski definition) is 4. The number of piperidine rings is 1. The molecular weight excluding hydrogens is 357 g/mol. The van der Waals surface area contributed by atoms with Gasteiger partial charge in [-0.1, -0.05) is 42.0 Å². The number of nitrogens with one attached hydrogen (secondary N) is 1. The number of benzene rings is 1. The second-order valence-electron chi connectivity index (χ2n) is 7.53. The zero-order chi connectivity index (χ0) is 20.5. The number of aryl methyl sites for hydroxylation is 2. The number of nitrogens with two attached hydrogens (primary N) is 1. The van der Waals surface area contributed by atoms with Gasteiger partial charge in [-0.2, -0.15) is 5.10 Å². The Kier molecular flexibility index (Phi) is 7.90. The lowest BCUT2D eigenvalue weighted by Gasteiger charge is -2.25. The monoisotopic (exact) mass is 387 g/mol. The summed E-state index contributed by atoms with van der Waals surface area (Å²) in [6.45, 7) is 1.97. The van der Waals surface area contributed by atoms with Gasteiger partial charge < -0.3 is 10.2 Å². The fourth-order valence-electron chi connectivity index (χ4n) is 3.83. The molecule has 1 aromatic carbocycles. The van der Waals surface area contributed by atoms with E-state index in [1.165, 1.54) is 29.5 Å². The van der Waals surface area contributed by atoms with E-state index >= 15 is 0 Å². The van der Waals surface area contributed by atoms with E-state index in [9.17, 15) is 0 Å². The summed E-state index contributed by atoms with van der Waals surface area (Å²) in [4.78, 5) is 1.92. The van der Waals surface area contributed by atoms with Crippen molar-refractivity contribution in [1.29, 1.82) is 0 Å². The molecule has 2 aliphatic rings. The summed E-state index contributed by atoms with van der Waals surface area (Å²) >= 11 is 0. The normalized spacial score (nSPS) is 19.2. The fourth-order valence-corrected chi connectivity index (χ4v) is 3.83. The highest BCUT2D eigenvalue weighted by Gasteiger charge is 2.22. The van der Waals surface area contributed by atoms with Gasteiger partial charge in [-0.25, -0.2) is 0 Å². The topological polar surface area (TPSA) is 59.1 Å². The van der Waals surface area contributed by atoms with Crippen molar-refractivity contribution in [3.05, 3.63) is 83.4 Å². The van der Waals surface area contributed by atoms with Crippen LogP contribution in [0, 0.1) is 0 Å². The third-order valence-corrected chi connectivity index (χ3v) is 5.40. The van der Waals surface area contributed by atoms with Crippen LogP contribution in [-0.2, 0) is 13.5 Å². The predicted octanol–water partition coefficient (Wildman–Crippen LogP) is 3.23. The minimum atomic E-state index is 0.587. The van der Waals surface area contributed by atoms with Gasteiger partial charge in [0, 0.05) is 31.6 Å². The molecule has 0 bridgehead atoms. The molecule has 150 valence electrons. The van der Waals surface area contributed by atoms with Crippen LogP contribution in [0.1, 0.15) is 41.9 Å². The first-order chi connectivity index (χ1) is 14.2. The van der Waals surface area contributed by atoms with Crippen LogP contribution in [0.15, 0.2) is 66.7 Å². The average Bonchev–Trinajstić information content (AvgIpc) is 3.36. The molecule has 1 saturated heterocycles. The van der Waals surface area contributed by atoms with Crippen molar-refractivity contribution in [2.45, 2.75) is 31.6 Å². The van der Waals surface area contributed by atoms with Gasteiger partial charge in [0.1, 0.15) is 0 Å². The van der Waals surface area contributed by atoms with E-state index in [4.69, 9.17) is 13.8 Å². The van der Waals surface area contributed by atoms with Crippen LogP contribution in [0.2, 0.25) is 0 Å². The van der Waals surface area contributed by atoms with Gasteiger partial charge in [-0.15, -0.1) is 0 Å². The van der Waals surface area contributed by atoms with Crippen molar-refractivity contribution in [3.8, 4) is 0 Å². The van der Waals surface area contributed by atoms with E-state index in [1.54, 1.807) is 22.7 Å². The number of hydrazine groups is 1. The second-order valence-corrected chi connectivity index (χ2v) is 7.53. The molecule has 2 radical (unpaired) electrons. The number of fused-ring (bicyclic) bond motifs is 1. The first kappa shape index (κ1) is 21.2. The highest BCUT2D eigenvalue weighted by molar-refractivity contribution is 6.04. The van der Waals surface area contributed by atoms with E-state index in [1.807, 2.05) is 36.3 Å². The molecule has 1 atom stereocenters. The maximum atomic E-state index is 5.84. The molecule has 2 heterocycles. The van der Waals surface area contributed by atoms with Crippen molar-refractivity contribution in [3.63, 3.8) is 0 Å². The van der Waals surface area contributed by atoms with Crippen molar-refractivity contribution >= 4 is 14.1 Å². The lowest BCUT2D eigenvalue weighted by Crippen LogP contribution is -2.27. The molecule has 6 heteroatoms. The molecule has 29 heavy (non-hydrogen) atoms. The Morgan fingerprint density at radius 1 is 1.21 bits per heavy atom. The van der Waals surface area contributed by atoms with Gasteiger partial charge in [0.05, 0.1) is 0 Å². The largest absolute Gasteiger partial charge is 0.353 e. The molecule has 1 fully saturated rings. The Morgan fingerprint density at radius 2 is 2.03 bits per heavy atom. The van der Waals surface area contributed by atoms with Crippen LogP contribution >= 0.6 is 0 Å². The second kappa shape index (κ2) is 10.8. The Morgan fingerprint density at radius 3 is 2.69 bits per heavy atom. The molecule has 3 N–H and O–H groups in total. The first-order valence-corrected chi connectivity index (χ1v) is 10.2. The molecule has 1 aliphatic carbocycles. The third-order valence-electron chi connectivity index (χ3n) is 5.40. The van der Waals surface area contributed by atoms with Gasteiger partial charge >= 0.3 is 0 Å². The number of aromatic nitrogens is 2. The minimum absolute atomic E-state index is 0.587. The van der Waals surface area contributed by atoms with E-state index < -0.39 is 0 Å². The van der Waals surface area contributed by atoms with E-state index in [2.05, 4.69) is 40.9 Å². The van der Waals surface area contributed by atoms with Crippen LogP contribution in [-0.4, -0.2) is 35.7 Å². The van der Waals surface area contributed by atoms with Crippen molar-refractivity contribution in [2.24, 2.45) is 12.9 Å². The smallest absolute Gasteiger partial charge is 0.182 e. The first-order valence-electron chi connectivity index (χ1n) is 10.2. The van der Waals surface area contributed by atoms with Crippen molar-refractivity contribution in [1.82, 2.24) is 20.0 Å². The summed E-state index contributed by atoms with van der Waals surface area (Å²) in [6.07, 6.45) is 18.5. The zero-order valence-corrected chi connectivity index (χ0v) is 17.2. The maximum Gasteiger partial charge on any atom is 0.182 e. The molecule has 1 aromatic heterocycles. The Labute approximate surface area is 175 Å². The lowest BCUT2D eigenvalue weighted by atomic mass is 9.93.